The average molecular weight is 313 g/mol. The zero-order chi connectivity index (χ0) is 15.8. The van der Waals surface area contributed by atoms with Crippen LogP contribution in [0.1, 0.15) is 62.0 Å². The number of hydrogen-bond donors (Lipinski definition) is 0. The van der Waals surface area contributed by atoms with Crippen LogP contribution >= 0.6 is 0 Å². The minimum atomic E-state index is 0.747. The monoisotopic (exact) mass is 313 g/mol. The van der Waals surface area contributed by atoms with E-state index >= 15 is 0 Å². The Balaban J connectivity index is 1.39. The predicted octanol–water partition coefficient (Wildman–Crippen LogP) is 4.76. The summed E-state index contributed by atoms with van der Waals surface area (Å²) >= 11 is 0. The van der Waals surface area contributed by atoms with Gasteiger partial charge in [0.15, 0.2) is 0 Å². The average Bonchev–Trinajstić information content (AvgIpc) is 2.96. The fourth-order valence-electron chi connectivity index (χ4n) is 5.62. The fraction of sp³-hybridized carbons (Fsp3) is 0.714. The van der Waals surface area contributed by atoms with Gasteiger partial charge in [-0.2, -0.15) is 0 Å². The molecule has 1 aromatic rings. The van der Waals surface area contributed by atoms with E-state index in [0.717, 1.165) is 29.5 Å². The van der Waals surface area contributed by atoms with Crippen LogP contribution in [0, 0.1) is 18.8 Å². The highest BCUT2D eigenvalue weighted by Gasteiger charge is 2.39. The van der Waals surface area contributed by atoms with E-state index in [9.17, 15) is 0 Å². The van der Waals surface area contributed by atoms with Gasteiger partial charge in [0, 0.05) is 6.04 Å². The number of likely N-dealkylation sites (tertiary alicyclic amines) is 1. The summed E-state index contributed by atoms with van der Waals surface area (Å²) in [4.78, 5) is 2.85. The van der Waals surface area contributed by atoms with Gasteiger partial charge in [-0.25, -0.2) is 0 Å². The summed E-state index contributed by atoms with van der Waals surface area (Å²) in [6, 6.07) is 7.54. The molecule has 4 rings (SSSR count). The van der Waals surface area contributed by atoms with Crippen LogP contribution in [0.25, 0.3) is 0 Å². The van der Waals surface area contributed by atoms with Crippen LogP contribution in [-0.4, -0.2) is 31.1 Å². The van der Waals surface area contributed by atoms with Gasteiger partial charge >= 0.3 is 0 Å². The van der Waals surface area contributed by atoms with E-state index in [1.54, 1.807) is 12.7 Å². The third kappa shape index (κ3) is 3.03. The number of ether oxygens (including phenoxy) is 1. The molecule has 2 bridgehead atoms. The second kappa shape index (κ2) is 6.47. The van der Waals surface area contributed by atoms with Crippen molar-refractivity contribution in [2.45, 2.75) is 63.8 Å². The molecule has 1 aromatic carbocycles. The van der Waals surface area contributed by atoms with Crippen LogP contribution in [0.5, 0.6) is 5.75 Å². The Hall–Kier alpha value is -1.02. The summed E-state index contributed by atoms with van der Waals surface area (Å²) in [5.74, 6) is 3.84. The standard InChI is InChI=1S/C21H31NO/c1-15-13-19(23-2)6-7-20(15)17-9-11-22(12-10-17)21-8-4-16-3-5-18(21)14-16/h6-7,13,16-18,21H,3-5,8-12,14H2,1-2H3/t16-,18+,21?/m1/s1. The number of piperidine rings is 1. The molecule has 2 aliphatic carbocycles. The number of aryl methyl sites for hydroxylation is 1. The van der Waals surface area contributed by atoms with Crippen molar-refractivity contribution in [2.75, 3.05) is 20.2 Å². The Morgan fingerprint density at radius 1 is 1.00 bits per heavy atom. The first-order valence-electron chi connectivity index (χ1n) is 9.63. The van der Waals surface area contributed by atoms with Gasteiger partial charge in [-0.1, -0.05) is 12.5 Å². The van der Waals surface area contributed by atoms with Crippen LogP contribution in [0.2, 0.25) is 0 Å². The van der Waals surface area contributed by atoms with Crippen molar-refractivity contribution in [1.82, 2.24) is 4.90 Å². The first-order valence-corrected chi connectivity index (χ1v) is 9.63. The molecule has 1 unspecified atom stereocenters. The lowest BCUT2D eigenvalue weighted by Crippen LogP contribution is -2.45. The fourth-order valence-corrected chi connectivity index (χ4v) is 5.62. The molecule has 2 nitrogen and oxygen atoms in total. The second-order valence-electron chi connectivity index (χ2n) is 8.12. The van der Waals surface area contributed by atoms with Gasteiger partial charge < -0.3 is 9.64 Å². The van der Waals surface area contributed by atoms with Crippen molar-refractivity contribution in [1.29, 1.82) is 0 Å². The molecule has 0 amide bonds. The normalized spacial score (nSPS) is 32.2. The minimum absolute atomic E-state index is 0.747. The second-order valence-corrected chi connectivity index (χ2v) is 8.12. The molecule has 2 saturated carbocycles. The van der Waals surface area contributed by atoms with Crippen molar-refractivity contribution >= 4 is 0 Å². The van der Waals surface area contributed by atoms with E-state index < -0.39 is 0 Å². The Kier molecular flexibility index (Phi) is 4.36. The van der Waals surface area contributed by atoms with Gasteiger partial charge in [-0.15, -0.1) is 0 Å². The topological polar surface area (TPSA) is 12.5 Å². The van der Waals surface area contributed by atoms with Gasteiger partial charge in [0.1, 0.15) is 5.75 Å². The van der Waals surface area contributed by atoms with Crippen molar-refractivity contribution in [3.63, 3.8) is 0 Å². The maximum absolute atomic E-state index is 5.35. The predicted molar refractivity (Wildman–Crippen MR) is 95.1 cm³/mol. The maximum Gasteiger partial charge on any atom is 0.119 e. The van der Waals surface area contributed by atoms with E-state index in [1.807, 2.05) is 0 Å². The molecule has 1 aliphatic heterocycles. The zero-order valence-electron chi connectivity index (χ0n) is 14.8. The van der Waals surface area contributed by atoms with Crippen molar-refractivity contribution in [3.05, 3.63) is 29.3 Å². The van der Waals surface area contributed by atoms with E-state index in [-0.39, 0.29) is 0 Å². The third-order valence-corrected chi connectivity index (χ3v) is 6.91. The number of fused-ring (bicyclic) bond motifs is 2. The molecule has 0 N–H and O–H groups in total. The Bertz CT molecular complexity index is 547. The molecule has 3 fully saturated rings. The lowest BCUT2D eigenvalue weighted by Gasteiger charge is -2.42. The number of methoxy groups -OCH3 is 1. The largest absolute Gasteiger partial charge is 0.497 e. The molecule has 3 aliphatic rings. The molecule has 0 spiro atoms. The molecule has 1 saturated heterocycles. The van der Waals surface area contributed by atoms with Crippen LogP contribution in [0.3, 0.4) is 0 Å². The highest BCUT2D eigenvalue weighted by Crippen LogP contribution is 2.45. The summed E-state index contributed by atoms with van der Waals surface area (Å²) in [7, 11) is 1.75. The number of nitrogens with zero attached hydrogens (tertiary/aromatic N) is 1. The van der Waals surface area contributed by atoms with Crippen molar-refractivity contribution < 1.29 is 4.74 Å². The summed E-state index contributed by atoms with van der Waals surface area (Å²) in [6.45, 7) is 4.86. The maximum atomic E-state index is 5.35. The molecular formula is C21H31NO. The van der Waals surface area contributed by atoms with E-state index in [1.165, 1.54) is 63.6 Å². The molecule has 23 heavy (non-hydrogen) atoms. The van der Waals surface area contributed by atoms with Gasteiger partial charge in [-0.05, 0) is 99.6 Å². The summed E-state index contributed by atoms with van der Waals surface area (Å²) in [6.07, 6.45) is 10.2. The summed E-state index contributed by atoms with van der Waals surface area (Å²) in [5, 5.41) is 0. The lowest BCUT2D eigenvalue weighted by molar-refractivity contribution is 0.0839. The van der Waals surface area contributed by atoms with E-state index in [0.29, 0.717) is 0 Å². The lowest BCUT2D eigenvalue weighted by atomic mass is 9.81. The zero-order valence-corrected chi connectivity index (χ0v) is 14.8. The van der Waals surface area contributed by atoms with E-state index in [4.69, 9.17) is 4.74 Å². The van der Waals surface area contributed by atoms with Crippen LogP contribution in [0.4, 0.5) is 0 Å². The van der Waals surface area contributed by atoms with E-state index in [2.05, 4.69) is 30.0 Å². The Morgan fingerprint density at radius 2 is 1.78 bits per heavy atom. The molecule has 3 atom stereocenters. The summed E-state index contributed by atoms with van der Waals surface area (Å²) in [5.41, 5.74) is 2.95. The van der Waals surface area contributed by atoms with Gasteiger partial charge in [0.25, 0.3) is 0 Å². The van der Waals surface area contributed by atoms with Crippen molar-refractivity contribution in [3.8, 4) is 5.75 Å². The highest BCUT2D eigenvalue weighted by molar-refractivity contribution is 5.37. The van der Waals surface area contributed by atoms with Crippen LogP contribution in [0.15, 0.2) is 18.2 Å². The third-order valence-electron chi connectivity index (χ3n) is 6.91. The van der Waals surface area contributed by atoms with Crippen LogP contribution < -0.4 is 4.74 Å². The molecule has 2 heteroatoms. The van der Waals surface area contributed by atoms with Gasteiger partial charge in [0.2, 0.25) is 0 Å². The molecule has 0 aromatic heterocycles. The number of rotatable bonds is 3. The number of benzene rings is 1. The van der Waals surface area contributed by atoms with Crippen molar-refractivity contribution in [2.24, 2.45) is 11.8 Å². The SMILES string of the molecule is COc1ccc(C2CCN(C3CC[C@H]4CC[C@H]3C4)CC2)c(C)c1. The smallest absolute Gasteiger partial charge is 0.119 e. The first-order chi connectivity index (χ1) is 11.2. The highest BCUT2D eigenvalue weighted by atomic mass is 16.5. The minimum Gasteiger partial charge on any atom is -0.497 e. The molecule has 1 heterocycles. The van der Waals surface area contributed by atoms with Gasteiger partial charge in [0.05, 0.1) is 7.11 Å². The first kappa shape index (κ1) is 15.5. The molecular weight excluding hydrogens is 282 g/mol. The quantitative estimate of drug-likeness (QED) is 0.797. The van der Waals surface area contributed by atoms with Crippen LogP contribution in [-0.2, 0) is 0 Å². The molecule has 0 radical (unpaired) electrons. The Labute approximate surface area is 141 Å². The summed E-state index contributed by atoms with van der Waals surface area (Å²) < 4.78 is 5.35. The van der Waals surface area contributed by atoms with Gasteiger partial charge in [-0.3, -0.25) is 0 Å². The number of hydrogen-bond acceptors (Lipinski definition) is 2. The molecule has 126 valence electrons. The Morgan fingerprint density at radius 3 is 2.52 bits per heavy atom.